The minimum Gasteiger partial charge on any atom is -0.497 e. The zero-order chi connectivity index (χ0) is 35.5. The molecule has 0 amide bonds. The van der Waals surface area contributed by atoms with E-state index in [0.29, 0.717) is 43.1 Å². The fourth-order valence-corrected chi connectivity index (χ4v) is 7.37. The smallest absolute Gasteiger partial charge is 0.330 e. The number of hydrogen-bond acceptors (Lipinski definition) is 8. The third-order valence-corrected chi connectivity index (χ3v) is 10.2. The third kappa shape index (κ3) is 6.40. The largest absolute Gasteiger partial charge is 0.497 e. The Kier molecular flexibility index (Phi) is 9.67. The van der Waals surface area contributed by atoms with Crippen molar-refractivity contribution in [1.82, 2.24) is 9.55 Å². The van der Waals surface area contributed by atoms with Gasteiger partial charge < -0.3 is 28.4 Å². The fourth-order valence-electron chi connectivity index (χ4n) is 7.37. The van der Waals surface area contributed by atoms with E-state index in [4.69, 9.17) is 28.4 Å². The number of rotatable bonds is 12. The van der Waals surface area contributed by atoms with E-state index < -0.39 is 34.3 Å². The van der Waals surface area contributed by atoms with Crippen molar-refractivity contribution < 1.29 is 28.4 Å². The summed E-state index contributed by atoms with van der Waals surface area (Å²) in [4.78, 5) is 28.0. The molecule has 2 aliphatic rings. The maximum Gasteiger partial charge on any atom is 0.330 e. The van der Waals surface area contributed by atoms with E-state index in [-0.39, 0.29) is 13.2 Å². The van der Waals surface area contributed by atoms with Crippen LogP contribution in [-0.2, 0) is 31.2 Å². The maximum atomic E-state index is 13.3. The fraction of sp³-hybridized carbons (Fsp3) is 0.317. The molecule has 2 aliphatic heterocycles. The summed E-state index contributed by atoms with van der Waals surface area (Å²) in [5.41, 5.74) is -0.175. The van der Waals surface area contributed by atoms with E-state index in [2.05, 4.69) is 4.98 Å². The highest BCUT2D eigenvalue weighted by atomic mass is 16.6. The molecule has 0 unspecified atom stereocenters. The van der Waals surface area contributed by atoms with E-state index in [1.807, 2.05) is 109 Å². The molecule has 10 heteroatoms. The molecule has 10 nitrogen and oxygen atoms in total. The number of hydrogen-bond donors (Lipinski definition) is 1. The first-order chi connectivity index (χ1) is 24.8. The van der Waals surface area contributed by atoms with Crippen LogP contribution in [0.2, 0.25) is 0 Å². The highest BCUT2D eigenvalue weighted by molar-refractivity contribution is 5.50. The highest BCUT2D eigenvalue weighted by Gasteiger charge is 2.64. The molecule has 0 spiro atoms. The molecule has 0 aliphatic carbocycles. The Morgan fingerprint density at radius 2 is 1.41 bits per heavy atom. The Labute approximate surface area is 296 Å². The number of ether oxygens (including phenoxy) is 6. The molecule has 4 aromatic carbocycles. The molecule has 264 valence electrons. The molecule has 2 saturated heterocycles. The van der Waals surface area contributed by atoms with Gasteiger partial charge in [0.2, 0.25) is 0 Å². The minimum absolute atomic E-state index is 0.0301. The Hall–Kier alpha value is -5.00. The number of H-pyrrole nitrogens is 1. The summed E-state index contributed by atoms with van der Waals surface area (Å²) in [5.74, 6) is 1.43. The van der Waals surface area contributed by atoms with Gasteiger partial charge >= 0.3 is 5.69 Å². The van der Waals surface area contributed by atoms with Gasteiger partial charge in [0.15, 0.2) is 0 Å². The van der Waals surface area contributed by atoms with Crippen molar-refractivity contribution >= 4 is 0 Å². The van der Waals surface area contributed by atoms with Gasteiger partial charge in [-0.3, -0.25) is 14.3 Å². The molecule has 3 heterocycles. The van der Waals surface area contributed by atoms with E-state index >= 15 is 0 Å². The topological polar surface area (TPSA) is 110 Å². The Morgan fingerprint density at radius 3 is 2.02 bits per heavy atom. The van der Waals surface area contributed by atoms with Crippen LogP contribution in [0.25, 0.3) is 0 Å². The van der Waals surface area contributed by atoms with Gasteiger partial charge in [0.05, 0.1) is 34.0 Å². The third-order valence-electron chi connectivity index (χ3n) is 10.2. The Morgan fingerprint density at radius 1 is 0.824 bits per heavy atom. The number of aryl methyl sites for hydroxylation is 1. The summed E-state index contributed by atoms with van der Waals surface area (Å²) < 4.78 is 40.1. The van der Waals surface area contributed by atoms with Crippen molar-refractivity contribution in [3.63, 3.8) is 0 Å². The SMILES string of the molecule is COc1ccc(C(OC[C@]23COCC[C@@]2(OCc2ccccc2)C[C@H](n2cc(C)c(=O)[nH]c2=O)O3)(c2ccccc2)c2ccc(OC)cc2)cc1. The summed E-state index contributed by atoms with van der Waals surface area (Å²) in [6.45, 7) is 2.61. The molecule has 2 fully saturated rings. The van der Waals surface area contributed by atoms with Crippen LogP contribution in [0.15, 0.2) is 125 Å². The van der Waals surface area contributed by atoms with Gasteiger partial charge in [-0.05, 0) is 53.4 Å². The maximum absolute atomic E-state index is 13.3. The quantitative estimate of drug-likeness (QED) is 0.161. The van der Waals surface area contributed by atoms with Crippen LogP contribution in [0, 0.1) is 6.92 Å². The summed E-state index contributed by atoms with van der Waals surface area (Å²) in [5, 5.41) is 0. The number of nitrogens with zero attached hydrogens (tertiary/aromatic N) is 1. The summed E-state index contributed by atoms with van der Waals surface area (Å²) >= 11 is 0. The van der Waals surface area contributed by atoms with Crippen LogP contribution < -0.4 is 20.7 Å². The molecule has 7 rings (SSSR count). The van der Waals surface area contributed by atoms with Crippen LogP contribution in [0.3, 0.4) is 0 Å². The average Bonchev–Trinajstić information content (AvgIpc) is 3.52. The zero-order valence-corrected chi connectivity index (χ0v) is 29.0. The van der Waals surface area contributed by atoms with Crippen LogP contribution >= 0.6 is 0 Å². The van der Waals surface area contributed by atoms with Crippen LogP contribution in [-0.4, -0.2) is 54.8 Å². The number of benzene rings is 4. The lowest BCUT2D eigenvalue weighted by Gasteiger charge is -2.48. The van der Waals surface area contributed by atoms with E-state index in [9.17, 15) is 9.59 Å². The average molecular weight is 691 g/mol. The van der Waals surface area contributed by atoms with Gasteiger partial charge in [0.25, 0.3) is 5.56 Å². The molecule has 5 aromatic rings. The lowest BCUT2D eigenvalue weighted by molar-refractivity contribution is -0.254. The van der Waals surface area contributed by atoms with Gasteiger partial charge in [0.1, 0.15) is 34.5 Å². The van der Waals surface area contributed by atoms with Gasteiger partial charge in [-0.15, -0.1) is 0 Å². The predicted molar refractivity (Wildman–Crippen MR) is 191 cm³/mol. The highest BCUT2D eigenvalue weighted by Crippen LogP contribution is 2.53. The zero-order valence-electron chi connectivity index (χ0n) is 29.0. The number of fused-ring (bicyclic) bond motifs is 1. The second-order valence-corrected chi connectivity index (χ2v) is 13.1. The molecular formula is C41H42N2O8. The van der Waals surface area contributed by atoms with Crippen molar-refractivity contribution in [3.8, 4) is 11.5 Å². The molecule has 3 atom stereocenters. The number of aromatic nitrogens is 2. The van der Waals surface area contributed by atoms with Gasteiger partial charge in [-0.25, -0.2) is 4.79 Å². The molecule has 0 radical (unpaired) electrons. The van der Waals surface area contributed by atoms with E-state index in [0.717, 1.165) is 22.3 Å². The van der Waals surface area contributed by atoms with Crippen molar-refractivity contribution in [2.75, 3.05) is 34.0 Å². The summed E-state index contributed by atoms with van der Waals surface area (Å²) in [6.07, 6.45) is 1.62. The first kappa shape index (κ1) is 34.4. The molecule has 1 aromatic heterocycles. The lowest BCUT2D eigenvalue weighted by atomic mass is 9.77. The van der Waals surface area contributed by atoms with Crippen LogP contribution in [0.1, 0.15) is 46.9 Å². The van der Waals surface area contributed by atoms with E-state index in [1.165, 1.54) is 4.57 Å². The van der Waals surface area contributed by atoms with Gasteiger partial charge in [-0.1, -0.05) is 84.9 Å². The predicted octanol–water partition coefficient (Wildman–Crippen LogP) is 5.90. The van der Waals surface area contributed by atoms with Gasteiger partial charge in [-0.2, -0.15) is 0 Å². The van der Waals surface area contributed by atoms with Crippen LogP contribution in [0.4, 0.5) is 0 Å². The second kappa shape index (κ2) is 14.3. The monoisotopic (exact) mass is 690 g/mol. The standard InChI is InChI=1S/C41H42N2O8/c1-29-25-43(38(45)42-37(29)44)36-24-39(49-26-30-10-6-4-7-11-30)22-23-48-27-40(39,51-36)28-50-41(31-12-8-5-9-13-31,32-14-18-34(46-2)19-15-32)33-16-20-35(47-3)21-17-33/h4-21,25,36H,22-24,26-28H2,1-3H3,(H,42,44,45)/t36-,39-,40-/m1/s1. The van der Waals surface area contributed by atoms with Gasteiger partial charge in [0, 0.05) is 31.2 Å². The molecular weight excluding hydrogens is 648 g/mol. The summed E-state index contributed by atoms with van der Waals surface area (Å²) in [7, 11) is 3.28. The molecule has 1 N–H and O–H groups in total. The summed E-state index contributed by atoms with van der Waals surface area (Å²) in [6, 6.07) is 35.7. The van der Waals surface area contributed by atoms with Crippen molar-refractivity contribution in [2.45, 2.75) is 49.4 Å². The second-order valence-electron chi connectivity index (χ2n) is 13.1. The van der Waals surface area contributed by atoms with Crippen molar-refractivity contribution in [2.24, 2.45) is 0 Å². The number of nitrogens with one attached hydrogen (secondary N) is 1. The van der Waals surface area contributed by atoms with Crippen LogP contribution in [0.5, 0.6) is 11.5 Å². The number of aromatic amines is 1. The first-order valence-corrected chi connectivity index (χ1v) is 17.1. The molecule has 51 heavy (non-hydrogen) atoms. The first-order valence-electron chi connectivity index (χ1n) is 17.1. The minimum atomic E-state index is -1.16. The van der Waals surface area contributed by atoms with E-state index in [1.54, 1.807) is 27.3 Å². The molecule has 0 bridgehead atoms. The Balaban J connectivity index is 1.37. The molecule has 0 saturated carbocycles. The lowest BCUT2D eigenvalue weighted by Crippen LogP contribution is -2.62. The Bertz CT molecular complexity index is 2000. The number of methoxy groups -OCH3 is 2. The van der Waals surface area contributed by atoms with Crippen molar-refractivity contribution in [3.05, 3.63) is 164 Å². The van der Waals surface area contributed by atoms with Crippen molar-refractivity contribution in [1.29, 1.82) is 0 Å². The normalized spacial score (nSPS) is 21.6.